The number of hydrogen-bond acceptors (Lipinski definition) is 8. The monoisotopic (exact) mass is 394 g/mol. The van der Waals surface area contributed by atoms with Gasteiger partial charge in [0.1, 0.15) is 18.3 Å². The van der Waals surface area contributed by atoms with Gasteiger partial charge in [-0.15, -0.1) is 0 Å². The Kier molecular flexibility index (Phi) is 7.30. The number of aliphatic hydroxyl groups excluding tert-OH is 1. The third kappa shape index (κ3) is 4.68. The number of hydrogen-bond donors (Lipinski definition) is 3. The van der Waals surface area contributed by atoms with E-state index in [4.69, 9.17) is 23.6 Å². The van der Waals surface area contributed by atoms with Crippen molar-refractivity contribution in [1.29, 1.82) is 0 Å². The molecular weight excluding hydrogens is 371 g/mol. The van der Waals surface area contributed by atoms with Crippen LogP contribution in [0, 0.1) is 6.92 Å². The molecule has 2 rings (SSSR count). The number of H-pyrrole nitrogens is 1. The van der Waals surface area contributed by atoms with E-state index in [0.29, 0.717) is 0 Å². The summed E-state index contributed by atoms with van der Waals surface area (Å²) in [5.41, 5.74) is -1.02. The number of ether oxygens (including phenoxy) is 3. The first-order valence-electron chi connectivity index (χ1n) is 7.90. The van der Waals surface area contributed by atoms with Crippen molar-refractivity contribution in [3.8, 4) is 0 Å². The summed E-state index contributed by atoms with van der Waals surface area (Å²) in [4.78, 5) is 35.1. The van der Waals surface area contributed by atoms with Gasteiger partial charge >= 0.3 is 13.9 Å². The molecule has 2 unspecified atom stereocenters. The number of methoxy groups -OCH3 is 1. The Labute approximate surface area is 149 Å². The topological polar surface area (TPSA) is 149 Å². The van der Waals surface area contributed by atoms with Gasteiger partial charge in [-0.05, 0) is 13.8 Å². The van der Waals surface area contributed by atoms with E-state index in [-0.39, 0.29) is 12.2 Å². The van der Waals surface area contributed by atoms with Crippen LogP contribution in [-0.4, -0.2) is 64.3 Å². The number of rotatable bonds is 8. The molecule has 1 saturated heterocycles. The van der Waals surface area contributed by atoms with Crippen molar-refractivity contribution < 1.29 is 33.3 Å². The van der Waals surface area contributed by atoms with Crippen molar-refractivity contribution in [2.24, 2.45) is 0 Å². The molecule has 1 aliphatic rings. The predicted octanol–water partition coefficient (Wildman–Crippen LogP) is -1.08. The maximum atomic E-state index is 12.2. The van der Waals surface area contributed by atoms with Gasteiger partial charge in [-0.3, -0.25) is 18.9 Å². The second-order valence-corrected chi connectivity index (χ2v) is 6.71. The molecule has 26 heavy (non-hydrogen) atoms. The van der Waals surface area contributed by atoms with Crippen LogP contribution in [-0.2, 0) is 23.3 Å². The molecule has 1 aliphatic heterocycles. The van der Waals surface area contributed by atoms with E-state index in [1.54, 1.807) is 6.92 Å². The minimum absolute atomic E-state index is 0.216. The van der Waals surface area contributed by atoms with Crippen LogP contribution in [0.4, 0.5) is 0 Å². The highest BCUT2D eigenvalue weighted by Crippen LogP contribution is 2.37. The van der Waals surface area contributed by atoms with Crippen LogP contribution in [0.5, 0.6) is 0 Å². The molecule has 0 aromatic carbocycles. The van der Waals surface area contributed by atoms with Gasteiger partial charge in [-0.2, -0.15) is 0 Å². The summed E-state index contributed by atoms with van der Waals surface area (Å²) in [5, 5.41) is 9.53. The molecule has 1 fully saturated rings. The summed E-state index contributed by atoms with van der Waals surface area (Å²) in [6.07, 6.45) is -3.34. The molecule has 11 nitrogen and oxygen atoms in total. The first-order valence-corrected chi connectivity index (χ1v) is 9.17. The summed E-state index contributed by atoms with van der Waals surface area (Å²) in [7, 11) is -1.89. The average molecular weight is 394 g/mol. The van der Waals surface area contributed by atoms with Crippen LogP contribution in [0.15, 0.2) is 15.8 Å². The average Bonchev–Trinajstić information content (AvgIpc) is 2.88. The maximum absolute atomic E-state index is 12.2. The van der Waals surface area contributed by atoms with Crippen LogP contribution in [0.1, 0.15) is 18.7 Å². The third-order valence-electron chi connectivity index (χ3n) is 3.91. The molecule has 2 heterocycles. The van der Waals surface area contributed by atoms with Crippen LogP contribution < -0.4 is 11.2 Å². The Hall–Kier alpha value is -1.33. The standard InChI is InChI=1S/C14H23N2O9P/c1-7-4-16(14(19)15-12(7)18)13-11(23-8(2)6-22-3)10(25-26(20)21)9(5-17)24-13/h4,8-11,13,17,26H,5-6H2,1-3H3,(H,20,21)(H,15,18,19)/t8-,9-,10+,11?,13-/m1/s1. The summed E-state index contributed by atoms with van der Waals surface area (Å²) in [5.74, 6) is 0. The van der Waals surface area contributed by atoms with Gasteiger partial charge in [0, 0.05) is 18.9 Å². The lowest BCUT2D eigenvalue weighted by Gasteiger charge is -2.27. The molecule has 0 saturated carbocycles. The molecule has 0 aliphatic carbocycles. The highest BCUT2D eigenvalue weighted by Gasteiger charge is 2.48. The van der Waals surface area contributed by atoms with Crippen molar-refractivity contribution >= 4 is 8.25 Å². The number of aryl methyl sites for hydroxylation is 1. The van der Waals surface area contributed by atoms with E-state index in [9.17, 15) is 19.3 Å². The summed E-state index contributed by atoms with van der Waals surface area (Å²) >= 11 is 0. The molecular formula is C14H23N2O9P. The SMILES string of the molecule is COC[C@@H](C)OC1[C@@H](O[PH](=O)O)[C@@H](CO)O[C@H]1n1cc(C)c(=O)[nH]c1=O. The molecule has 1 aromatic heterocycles. The van der Waals surface area contributed by atoms with Crippen LogP contribution >= 0.6 is 8.25 Å². The zero-order chi connectivity index (χ0) is 19.4. The molecule has 3 N–H and O–H groups in total. The van der Waals surface area contributed by atoms with Crippen LogP contribution in [0.2, 0.25) is 0 Å². The zero-order valence-corrected chi connectivity index (χ0v) is 15.6. The minimum Gasteiger partial charge on any atom is -0.394 e. The third-order valence-corrected chi connectivity index (χ3v) is 4.39. The van der Waals surface area contributed by atoms with Crippen molar-refractivity contribution in [3.05, 3.63) is 32.6 Å². The Morgan fingerprint density at radius 3 is 2.69 bits per heavy atom. The second-order valence-electron chi connectivity index (χ2n) is 5.94. The summed E-state index contributed by atoms with van der Waals surface area (Å²) < 4.78 is 33.8. The lowest BCUT2D eigenvalue weighted by Crippen LogP contribution is -2.42. The van der Waals surface area contributed by atoms with E-state index in [0.717, 1.165) is 4.57 Å². The van der Waals surface area contributed by atoms with Crippen molar-refractivity contribution in [2.45, 2.75) is 44.5 Å². The van der Waals surface area contributed by atoms with E-state index in [1.165, 1.54) is 20.2 Å². The normalized spacial score (nSPS) is 28.2. The van der Waals surface area contributed by atoms with Gasteiger partial charge in [0.15, 0.2) is 6.23 Å². The first kappa shape index (κ1) is 21.0. The molecule has 148 valence electrons. The number of aromatic nitrogens is 2. The lowest BCUT2D eigenvalue weighted by atomic mass is 10.1. The maximum Gasteiger partial charge on any atom is 0.330 e. The Morgan fingerprint density at radius 1 is 1.42 bits per heavy atom. The predicted molar refractivity (Wildman–Crippen MR) is 89.4 cm³/mol. The van der Waals surface area contributed by atoms with E-state index >= 15 is 0 Å². The van der Waals surface area contributed by atoms with Gasteiger partial charge in [-0.25, -0.2) is 4.79 Å². The molecule has 12 heteroatoms. The van der Waals surface area contributed by atoms with Gasteiger partial charge in [0.25, 0.3) is 5.56 Å². The fraction of sp³-hybridized carbons (Fsp3) is 0.714. The number of aromatic amines is 1. The Bertz CT molecular complexity index is 749. The van der Waals surface area contributed by atoms with Gasteiger partial charge < -0.3 is 28.7 Å². The molecule has 6 atom stereocenters. The van der Waals surface area contributed by atoms with Crippen molar-refractivity contribution in [3.63, 3.8) is 0 Å². The Morgan fingerprint density at radius 2 is 2.12 bits per heavy atom. The van der Waals surface area contributed by atoms with Crippen LogP contribution in [0.3, 0.4) is 0 Å². The quantitative estimate of drug-likeness (QED) is 0.468. The Balaban J connectivity index is 2.44. The number of nitrogens with one attached hydrogen (secondary N) is 1. The highest BCUT2D eigenvalue weighted by molar-refractivity contribution is 7.32. The molecule has 0 radical (unpaired) electrons. The van der Waals surface area contributed by atoms with E-state index in [2.05, 4.69) is 4.98 Å². The fourth-order valence-electron chi connectivity index (χ4n) is 2.80. The van der Waals surface area contributed by atoms with E-state index < -0.39 is 56.8 Å². The minimum atomic E-state index is -3.37. The highest BCUT2D eigenvalue weighted by atomic mass is 31.1. The van der Waals surface area contributed by atoms with Gasteiger partial charge in [0.05, 0.1) is 19.3 Å². The lowest BCUT2D eigenvalue weighted by molar-refractivity contribution is -0.109. The second kappa shape index (κ2) is 9.05. The smallest absolute Gasteiger partial charge is 0.330 e. The molecule has 1 aromatic rings. The largest absolute Gasteiger partial charge is 0.394 e. The van der Waals surface area contributed by atoms with E-state index in [1.807, 2.05) is 0 Å². The molecule has 0 spiro atoms. The molecule has 0 amide bonds. The number of aliphatic hydroxyl groups is 1. The summed E-state index contributed by atoms with van der Waals surface area (Å²) in [6, 6.07) is 0. The zero-order valence-electron chi connectivity index (χ0n) is 14.6. The first-order chi connectivity index (χ1) is 12.3. The summed E-state index contributed by atoms with van der Waals surface area (Å²) in [6.45, 7) is 2.91. The number of nitrogens with zero attached hydrogens (tertiary/aromatic N) is 1. The van der Waals surface area contributed by atoms with Gasteiger partial charge in [0.2, 0.25) is 0 Å². The van der Waals surface area contributed by atoms with Crippen molar-refractivity contribution in [1.82, 2.24) is 9.55 Å². The van der Waals surface area contributed by atoms with Crippen LogP contribution in [0.25, 0.3) is 0 Å². The fourth-order valence-corrected chi connectivity index (χ4v) is 3.32. The molecule has 0 bridgehead atoms. The van der Waals surface area contributed by atoms with Crippen molar-refractivity contribution in [2.75, 3.05) is 20.3 Å². The van der Waals surface area contributed by atoms with Gasteiger partial charge in [-0.1, -0.05) is 0 Å².